The molecule has 0 aliphatic rings. The molecule has 3 aromatic rings. The predicted molar refractivity (Wildman–Crippen MR) is 86.6 cm³/mol. The van der Waals surface area contributed by atoms with Crippen molar-refractivity contribution in [1.29, 1.82) is 0 Å². The van der Waals surface area contributed by atoms with Gasteiger partial charge >= 0.3 is 0 Å². The second-order valence-electron chi connectivity index (χ2n) is 5.01. The minimum atomic E-state index is 0.586. The van der Waals surface area contributed by atoms with Gasteiger partial charge in [-0.15, -0.1) is 0 Å². The van der Waals surface area contributed by atoms with Gasteiger partial charge in [0.15, 0.2) is 5.96 Å². The Morgan fingerprint density at radius 2 is 2.05 bits per heavy atom. The molecule has 114 valence electrons. The third kappa shape index (κ3) is 2.95. The quantitative estimate of drug-likeness (QED) is 0.510. The Labute approximate surface area is 128 Å². The first-order valence-electron chi connectivity index (χ1n) is 7.17. The number of hydrogen-bond donors (Lipinski definition) is 3. The van der Waals surface area contributed by atoms with E-state index in [1.807, 2.05) is 24.3 Å². The van der Waals surface area contributed by atoms with E-state index in [4.69, 9.17) is 4.42 Å². The summed E-state index contributed by atoms with van der Waals surface area (Å²) in [6, 6.07) is 9.98. The van der Waals surface area contributed by atoms with E-state index in [1.54, 1.807) is 13.2 Å². The van der Waals surface area contributed by atoms with Crippen LogP contribution >= 0.6 is 0 Å². The van der Waals surface area contributed by atoms with Crippen LogP contribution in [0.15, 0.2) is 45.9 Å². The molecule has 2 aromatic heterocycles. The number of nitrogens with one attached hydrogen (secondary N) is 3. The van der Waals surface area contributed by atoms with E-state index in [9.17, 15) is 0 Å². The SMILES string of the molecule is CN=C(NCc1ccn[nH]1)NCc1oc2ccccc2c1C. The van der Waals surface area contributed by atoms with Gasteiger partial charge in [-0.3, -0.25) is 10.1 Å². The first-order valence-corrected chi connectivity index (χ1v) is 7.17. The second kappa shape index (κ2) is 6.34. The molecule has 0 radical (unpaired) electrons. The van der Waals surface area contributed by atoms with Crippen LogP contribution in [0, 0.1) is 6.92 Å². The van der Waals surface area contributed by atoms with E-state index in [2.05, 4.69) is 38.8 Å². The number of fused-ring (bicyclic) bond motifs is 1. The number of aryl methyl sites for hydroxylation is 1. The summed E-state index contributed by atoms with van der Waals surface area (Å²) in [4.78, 5) is 4.20. The first kappa shape index (κ1) is 14.2. The topological polar surface area (TPSA) is 78.2 Å². The van der Waals surface area contributed by atoms with Crippen LogP contribution in [0.2, 0.25) is 0 Å². The summed E-state index contributed by atoms with van der Waals surface area (Å²) in [6.45, 7) is 3.30. The Morgan fingerprint density at radius 1 is 1.23 bits per heavy atom. The van der Waals surface area contributed by atoms with Gasteiger partial charge < -0.3 is 15.1 Å². The van der Waals surface area contributed by atoms with Crippen LogP contribution in [-0.4, -0.2) is 23.2 Å². The molecule has 2 heterocycles. The summed E-state index contributed by atoms with van der Waals surface area (Å²) in [5.74, 6) is 1.64. The number of H-pyrrole nitrogens is 1. The minimum Gasteiger partial charge on any atom is -0.459 e. The molecule has 0 aliphatic heterocycles. The highest BCUT2D eigenvalue weighted by atomic mass is 16.3. The van der Waals surface area contributed by atoms with Crippen LogP contribution in [0.5, 0.6) is 0 Å². The maximum Gasteiger partial charge on any atom is 0.191 e. The number of aromatic nitrogens is 2. The van der Waals surface area contributed by atoms with Gasteiger partial charge in [-0.1, -0.05) is 18.2 Å². The molecule has 0 saturated heterocycles. The van der Waals surface area contributed by atoms with E-state index in [0.717, 1.165) is 33.9 Å². The largest absolute Gasteiger partial charge is 0.459 e. The lowest BCUT2D eigenvalue weighted by molar-refractivity contribution is 0.534. The van der Waals surface area contributed by atoms with Gasteiger partial charge in [0.25, 0.3) is 0 Å². The van der Waals surface area contributed by atoms with Crippen molar-refractivity contribution in [2.24, 2.45) is 4.99 Å². The van der Waals surface area contributed by atoms with Gasteiger partial charge in [0, 0.05) is 24.2 Å². The zero-order valence-electron chi connectivity index (χ0n) is 12.7. The highest BCUT2D eigenvalue weighted by Gasteiger charge is 2.10. The van der Waals surface area contributed by atoms with E-state index in [0.29, 0.717) is 13.1 Å². The Balaban J connectivity index is 1.63. The van der Waals surface area contributed by atoms with Crippen molar-refractivity contribution in [3.8, 4) is 0 Å². The molecule has 1 aromatic carbocycles. The molecular weight excluding hydrogens is 278 g/mol. The van der Waals surface area contributed by atoms with Gasteiger partial charge in [-0.05, 0) is 19.1 Å². The fourth-order valence-corrected chi connectivity index (χ4v) is 2.34. The number of rotatable bonds is 4. The lowest BCUT2D eigenvalue weighted by Gasteiger charge is -2.10. The maximum absolute atomic E-state index is 5.88. The van der Waals surface area contributed by atoms with Gasteiger partial charge in [0.05, 0.1) is 18.8 Å². The summed E-state index contributed by atoms with van der Waals surface area (Å²) in [7, 11) is 1.74. The van der Waals surface area contributed by atoms with Crippen molar-refractivity contribution in [3.05, 3.63) is 53.5 Å². The number of guanidine groups is 1. The van der Waals surface area contributed by atoms with E-state index in [-0.39, 0.29) is 0 Å². The second-order valence-corrected chi connectivity index (χ2v) is 5.01. The third-order valence-electron chi connectivity index (χ3n) is 3.59. The summed E-state index contributed by atoms with van der Waals surface area (Å²) in [5.41, 5.74) is 3.08. The molecule has 0 atom stereocenters. The number of benzene rings is 1. The molecule has 0 unspecified atom stereocenters. The highest BCUT2D eigenvalue weighted by molar-refractivity contribution is 5.82. The van der Waals surface area contributed by atoms with Gasteiger partial charge in [-0.25, -0.2) is 0 Å². The minimum absolute atomic E-state index is 0.586. The Hall–Kier alpha value is -2.76. The number of nitrogens with zero attached hydrogens (tertiary/aromatic N) is 2. The standard InChI is InChI=1S/C16H19N5O/c1-11-13-5-3-4-6-14(13)22-15(11)10-19-16(17-2)18-9-12-7-8-20-21-12/h3-8H,9-10H2,1-2H3,(H,20,21)(H2,17,18,19). The molecule has 0 fully saturated rings. The van der Waals surface area contributed by atoms with Crippen LogP contribution in [0.3, 0.4) is 0 Å². The number of aliphatic imine (C=N–C) groups is 1. The van der Waals surface area contributed by atoms with Crippen molar-refractivity contribution in [2.75, 3.05) is 7.05 Å². The van der Waals surface area contributed by atoms with E-state index >= 15 is 0 Å². The lowest BCUT2D eigenvalue weighted by atomic mass is 10.1. The average molecular weight is 297 g/mol. The maximum atomic E-state index is 5.88. The van der Waals surface area contributed by atoms with E-state index < -0.39 is 0 Å². The number of para-hydroxylation sites is 1. The van der Waals surface area contributed by atoms with Gasteiger partial charge in [-0.2, -0.15) is 5.10 Å². The number of furan rings is 1. The zero-order chi connectivity index (χ0) is 15.4. The van der Waals surface area contributed by atoms with Crippen molar-refractivity contribution in [1.82, 2.24) is 20.8 Å². The molecule has 0 spiro atoms. The third-order valence-corrected chi connectivity index (χ3v) is 3.59. The van der Waals surface area contributed by atoms with Crippen molar-refractivity contribution < 1.29 is 4.42 Å². The molecule has 3 N–H and O–H groups in total. The zero-order valence-corrected chi connectivity index (χ0v) is 12.7. The lowest BCUT2D eigenvalue weighted by Crippen LogP contribution is -2.36. The molecule has 0 bridgehead atoms. The van der Waals surface area contributed by atoms with Crippen molar-refractivity contribution in [2.45, 2.75) is 20.0 Å². The summed E-state index contributed by atoms with van der Waals surface area (Å²) < 4.78 is 5.88. The van der Waals surface area contributed by atoms with Gasteiger partial charge in [0.2, 0.25) is 0 Å². The Bertz CT molecular complexity index is 773. The number of hydrogen-bond acceptors (Lipinski definition) is 3. The summed E-state index contributed by atoms with van der Waals surface area (Å²) in [6.07, 6.45) is 1.73. The first-order chi connectivity index (χ1) is 10.8. The highest BCUT2D eigenvalue weighted by Crippen LogP contribution is 2.24. The molecule has 3 rings (SSSR count). The Morgan fingerprint density at radius 3 is 2.77 bits per heavy atom. The molecule has 6 nitrogen and oxygen atoms in total. The van der Waals surface area contributed by atoms with Crippen molar-refractivity contribution in [3.63, 3.8) is 0 Å². The summed E-state index contributed by atoms with van der Waals surface area (Å²) in [5, 5.41) is 14.5. The van der Waals surface area contributed by atoms with E-state index in [1.165, 1.54) is 0 Å². The normalized spacial score (nSPS) is 11.8. The molecule has 22 heavy (non-hydrogen) atoms. The fraction of sp³-hybridized carbons (Fsp3) is 0.250. The molecule has 0 amide bonds. The fourth-order valence-electron chi connectivity index (χ4n) is 2.34. The molecule has 0 saturated carbocycles. The van der Waals surface area contributed by atoms with Gasteiger partial charge in [0.1, 0.15) is 11.3 Å². The monoisotopic (exact) mass is 297 g/mol. The Kier molecular flexibility index (Phi) is 4.09. The van der Waals surface area contributed by atoms with Crippen molar-refractivity contribution >= 4 is 16.9 Å². The van der Waals surface area contributed by atoms with Crippen LogP contribution in [-0.2, 0) is 13.1 Å². The predicted octanol–water partition coefficient (Wildman–Crippen LogP) is 2.33. The van der Waals surface area contributed by atoms with Crippen LogP contribution in [0.25, 0.3) is 11.0 Å². The van der Waals surface area contributed by atoms with Crippen LogP contribution in [0.4, 0.5) is 0 Å². The molecule has 6 heteroatoms. The summed E-state index contributed by atoms with van der Waals surface area (Å²) >= 11 is 0. The molecular formula is C16H19N5O. The smallest absolute Gasteiger partial charge is 0.191 e. The van der Waals surface area contributed by atoms with Crippen LogP contribution < -0.4 is 10.6 Å². The number of aromatic amines is 1. The van der Waals surface area contributed by atoms with Crippen LogP contribution in [0.1, 0.15) is 17.0 Å². The molecule has 0 aliphatic carbocycles. The average Bonchev–Trinajstić information content (AvgIpc) is 3.17.